The molecule has 0 saturated heterocycles. The van der Waals surface area contributed by atoms with Gasteiger partial charge in [-0.05, 0) is 13.3 Å². The van der Waals surface area contributed by atoms with Crippen molar-refractivity contribution in [1.29, 1.82) is 0 Å². The molecule has 0 radical (unpaired) electrons. The first kappa shape index (κ1) is 9.94. The lowest BCUT2D eigenvalue weighted by Gasteiger charge is -2.10. The molecule has 0 spiro atoms. The van der Waals surface area contributed by atoms with Crippen LogP contribution in [0.25, 0.3) is 0 Å². The maximum Gasteiger partial charge on any atom is 0.407 e. The fourth-order valence-corrected chi connectivity index (χ4v) is 0.603. The lowest BCUT2D eigenvalue weighted by molar-refractivity contribution is -0.108. The number of hydrogen-bond donors (Lipinski definition) is 1. The first-order chi connectivity index (χ1) is 5.20. The van der Waals surface area contributed by atoms with Crippen molar-refractivity contribution in [2.45, 2.75) is 25.9 Å². The Balaban J connectivity index is 3.42. The summed E-state index contributed by atoms with van der Waals surface area (Å²) in [5, 5.41) is 2.32. The van der Waals surface area contributed by atoms with Gasteiger partial charge in [-0.25, -0.2) is 4.79 Å². The number of alkyl carbamates (subject to hydrolysis) is 1. The van der Waals surface area contributed by atoms with E-state index in [1.807, 2.05) is 0 Å². The summed E-state index contributed by atoms with van der Waals surface area (Å²) in [4.78, 5) is 20.5. The summed E-state index contributed by atoms with van der Waals surface area (Å²) < 4.78 is 4.79. The number of amides is 1. The molecule has 0 bridgehead atoms. The van der Waals surface area contributed by atoms with Crippen LogP contribution in [-0.4, -0.2) is 25.5 Å². The zero-order chi connectivity index (χ0) is 8.69. The molecule has 1 N–H and O–H groups in total. The highest BCUT2D eigenvalue weighted by Gasteiger charge is 2.05. The largest absolute Gasteiger partial charge is 0.447 e. The van der Waals surface area contributed by atoms with Gasteiger partial charge in [0.1, 0.15) is 12.4 Å². The van der Waals surface area contributed by atoms with Crippen molar-refractivity contribution in [2.75, 3.05) is 7.05 Å². The molecule has 0 heterocycles. The second-order valence-corrected chi connectivity index (χ2v) is 2.21. The van der Waals surface area contributed by atoms with Crippen molar-refractivity contribution in [3.63, 3.8) is 0 Å². The third kappa shape index (κ3) is 5.39. The minimum Gasteiger partial charge on any atom is -0.447 e. The van der Waals surface area contributed by atoms with Crippen LogP contribution < -0.4 is 5.32 Å². The molecule has 1 amide bonds. The Bertz CT molecular complexity index is 136. The van der Waals surface area contributed by atoms with Crippen LogP contribution in [0.5, 0.6) is 0 Å². The van der Waals surface area contributed by atoms with Crippen LogP contribution in [0.3, 0.4) is 0 Å². The molecule has 0 aromatic carbocycles. The Morgan fingerprint density at radius 3 is 2.82 bits per heavy atom. The molecule has 0 aliphatic rings. The van der Waals surface area contributed by atoms with E-state index in [1.165, 1.54) is 7.05 Å². The van der Waals surface area contributed by atoms with E-state index in [9.17, 15) is 9.59 Å². The van der Waals surface area contributed by atoms with Gasteiger partial charge in [-0.15, -0.1) is 0 Å². The van der Waals surface area contributed by atoms with Gasteiger partial charge in [0.05, 0.1) is 0 Å². The fourth-order valence-electron chi connectivity index (χ4n) is 0.603. The first-order valence-corrected chi connectivity index (χ1v) is 3.52. The van der Waals surface area contributed by atoms with Gasteiger partial charge in [-0.1, -0.05) is 0 Å². The molecule has 0 saturated carbocycles. The van der Waals surface area contributed by atoms with Crippen LogP contribution in [0.15, 0.2) is 0 Å². The van der Waals surface area contributed by atoms with Crippen molar-refractivity contribution in [3.05, 3.63) is 0 Å². The van der Waals surface area contributed by atoms with Crippen LogP contribution in [0.1, 0.15) is 19.8 Å². The van der Waals surface area contributed by atoms with Gasteiger partial charge in [-0.3, -0.25) is 0 Å². The van der Waals surface area contributed by atoms with E-state index in [0.29, 0.717) is 12.8 Å². The van der Waals surface area contributed by atoms with Crippen LogP contribution in [-0.2, 0) is 9.53 Å². The summed E-state index contributed by atoms with van der Waals surface area (Å²) in [6.45, 7) is 1.75. The van der Waals surface area contributed by atoms with E-state index in [0.717, 1.165) is 6.29 Å². The molecule has 1 atom stereocenters. The van der Waals surface area contributed by atoms with Gasteiger partial charge >= 0.3 is 6.09 Å². The molecule has 0 aliphatic heterocycles. The smallest absolute Gasteiger partial charge is 0.407 e. The number of aldehydes is 1. The molecule has 4 nitrogen and oxygen atoms in total. The molecule has 0 aromatic rings. The predicted molar refractivity (Wildman–Crippen MR) is 40.3 cm³/mol. The zero-order valence-corrected chi connectivity index (χ0v) is 6.79. The summed E-state index contributed by atoms with van der Waals surface area (Å²) in [7, 11) is 1.49. The normalized spacial score (nSPS) is 11.8. The molecular weight excluding hydrogens is 146 g/mol. The maximum atomic E-state index is 10.6. The van der Waals surface area contributed by atoms with Crippen molar-refractivity contribution in [1.82, 2.24) is 5.32 Å². The second kappa shape index (κ2) is 5.70. The van der Waals surface area contributed by atoms with Crippen LogP contribution in [0.2, 0.25) is 0 Å². The number of hydrogen-bond acceptors (Lipinski definition) is 3. The van der Waals surface area contributed by atoms with Crippen molar-refractivity contribution in [3.8, 4) is 0 Å². The Hall–Kier alpha value is -1.06. The summed E-state index contributed by atoms with van der Waals surface area (Å²) in [6.07, 6.45) is 1.17. The molecule has 0 aliphatic carbocycles. The molecule has 0 fully saturated rings. The highest BCUT2D eigenvalue weighted by Crippen LogP contribution is 1.99. The van der Waals surface area contributed by atoms with Gasteiger partial charge in [-0.2, -0.15) is 0 Å². The highest BCUT2D eigenvalue weighted by molar-refractivity contribution is 5.66. The van der Waals surface area contributed by atoms with Gasteiger partial charge in [0, 0.05) is 13.5 Å². The number of carbonyl (C=O) groups excluding carboxylic acids is 2. The highest BCUT2D eigenvalue weighted by atomic mass is 16.6. The quantitative estimate of drug-likeness (QED) is 0.614. The fraction of sp³-hybridized carbons (Fsp3) is 0.714. The molecule has 4 heteroatoms. The lowest BCUT2D eigenvalue weighted by Crippen LogP contribution is -2.24. The van der Waals surface area contributed by atoms with Gasteiger partial charge < -0.3 is 14.8 Å². The van der Waals surface area contributed by atoms with Gasteiger partial charge in [0.15, 0.2) is 0 Å². The SMILES string of the molecule is CNC(=O)OC(C)CCC=O. The Labute approximate surface area is 65.9 Å². The average molecular weight is 159 g/mol. The van der Waals surface area contributed by atoms with Crippen LogP contribution in [0.4, 0.5) is 4.79 Å². The average Bonchev–Trinajstić information content (AvgIpc) is 2.00. The van der Waals surface area contributed by atoms with Gasteiger partial charge in [0.25, 0.3) is 0 Å². The molecule has 0 rings (SSSR count). The maximum absolute atomic E-state index is 10.6. The minimum absolute atomic E-state index is 0.194. The Morgan fingerprint density at radius 2 is 2.36 bits per heavy atom. The monoisotopic (exact) mass is 159 g/mol. The standard InChI is InChI=1S/C7H13NO3/c1-6(4-3-5-9)11-7(10)8-2/h5-6H,3-4H2,1-2H3,(H,8,10). The molecular formula is C7H13NO3. The number of carbonyl (C=O) groups is 2. The van der Waals surface area contributed by atoms with Crippen molar-refractivity contribution >= 4 is 12.4 Å². The molecule has 64 valence electrons. The summed E-state index contributed by atoms with van der Waals surface area (Å²) in [6, 6.07) is 0. The number of nitrogens with one attached hydrogen (secondary N) is 1. The predicted octanol–water partition coefficient (Wildman–Crippen LogP) is 0.710. The first-order valence-electron chi connectivity index (χ1n) is 3.52. The van der Waals surface area contributed by atoms with E-state index in [-0.39, 0.29) is 6.10 Å². The van der Waals surface area contributed by atoms with E-state index in [1.54, 1.807) is 6.92 Å². The third-order valence-electron chi connectivity index (χ3n) is 1.20. The number of ether oxygens (including phenoxy) is 1. The van der Waals surface area contributed by atoms with Crippen molar-refractivity contribution in [2.24, 2.45) is 0 Å². The van der Waals surface area contributed by atoms with E-state index in [2.05, 4.69) is 5.32 Å². The van der Waals surface area contributed by atoms with E-state index < -0.39 is 6.09 Å². The third-order valence-corrected chi connectivity index (χ3v) is 1.20. The zero-order valence-electron chi connectivity index (χ0n) is 6.79. The Morgan fingerprint density at radius 1 is 1.73 bits per heavy atom. The summed E-state index contributed by atoms with van der Waals surface area (Å²) in [5.74, 6) is 0. The second-order valence-electron chi connectivity index (χ2n) is 2.21. The van der Waals surface area contributed by atoms with Gasteiger partial charge in [0.2, 0.25) is 0 Å². The molecule has 0 aromatic heterocycles. The summed E-state index contributed by atoms with van der Waals surface area (Å²) >= 11 is 0. The lowest BCUT2D eigenvalue weighted by atomic mass is 10.2. The van der Waals surface area contributed by atoms with E-state index >= 15 is 0 Å². The Kier molecular flexibility index (Phi) is 5.15. The topological polar surface area (TPSA) is 55.4 Å². The summed E-state index contributed by atoms with van der Waals surface area (Å²) in [5.41, 5.74) is 0. The van der Waals surface area contributed by atoms with Crippen LogP contribution in [0, 0.1) is 0 Å². The number of rotatable bonds is 4. The van der Waals surface area contributed by atoms with Crippen LogP contribution >= 0.6 is 0 Å². The molecule has 1 unspecified atom stereocenters. The van der Waals surface area contributed by atoms with Crippen molar-refractivity contribution < 1.29 is 14.3 Å². The van der Waals surface area contributed by atoms with E-state index in [4.69, 9.17) is 4.74 Å². The minimum atomic E-state index is -0.455. The molecule has 11 heavy (non-hydrogen) atoms.